The SMILES string of the molecule is O.[BiH3].[Mn].[V]. The van der Waals surface area contributed by atoms with Crippen molar-refractivity contribution in [3.8, 4) is 0 Å². The van der Waals surface area contributed by atoms with E-state index in [0.717, 1.165) is 0 Å². The van der Waals surface area contributed by atoms with Crippen molar-refractivity contribution in [2.75, 3.05) is 0 Å². The molecule has 4 heteroatoms. The molecular formula is H5BiMnOV. The molecule has 0 rings (SSSR count). The summed E-state index contributed by atoms with van der Waals surface area (Å²) in [5, 5.41) is 0. The average Bonchev–Trinajstić information content (AvgIpc) is 0. The third-order valence-corrected chi connectivity index (χ3v) is 0. The zero-order chi connectivity index (χ0) is 0. The molecule has 0 aliphatic heterocycles. The van der Waals surface area contributed by atoms with Gasteiger partial charge in [0.2, 0.25) is 0 Å². The van der Waals surface area contributed by atoms with Crippen LogP contribution in [0.5, 0.6) is 0 Å². The molecule has 0 fully saturated rings. The molecule has 0 spiro atoms. The molecule has 0 aliphatic rings. The van der Waals surface area contributed by atoms with Gasteiger partial charge in [0.15, 0.2) is 0 Å². The molecule has 0 bridgehead atoms. The number of hydrogen-bond donors (Lipinski definition) is 0. The van der Waals surface area contributed by atoms with Crippen molar-refractivity contribution in [3.05, 3.63) is 0 Å². The van der Waals surface area contributed by atoms with Crippen molar-refractivity contribution in [2.24, 2.45) is 0 Å². The van der Waals surface area contributed by atoms with Gasteiger partial charge in [0.1, 0.15) is 0 Å². The molecule has 0 aromatic rings. The summed E-state index contributed by atoms with van der Waals surface area (Å²) < 4.78 is 0. The van der Waals surface area contributed by atoms with E-state index in [9.17, 15) is 0 Å². The first kappa shape index (κ1) is 38.4. The second-order valence-electron chi connectivity index (χ2n) is 0. The van der Waals surface area contributed by atoms with Crippen molar-refractivity contribution < 1.29 is 41.1 Å². The molecule has 1 nitrogen and oxygen atoms in total. The van der Waals surface area contributed by atoms with Crippen LogP contribution in [-0.2, 0) is 35.6 Å². The Morgan fingerprint density at radius 2 is 1.00 bits per heavy atom. The molecule has 0 saturated heterocycles. The fourth-order valence-electron chi connectivity index (χ4n) is 0. The zero-order valence-electron chi connectivity index (χ0n) is 2.03. The molecular weight excluding hydrogens is 331 g/mol. The van der Waals surface area contributed by atoms with E-state index in [0.29, 0.717) is 0 Å². The third-order valence-electron chi connectivity index (χ3n) is 0. The van der Waals surface area contributed by atoms with Crippen molar-refractivity contribution in [1.82, 2.24) is 0 Å². The predicted molar refractivity (Wildman–Crippen MR) is 13.6 cm³/mol. The summed E-state index contributed by atoms with van der Waals surface area (Å²) in [6, 6.07) is 0. The van der Waals surface area contributed by atoms with Crippen LogP contribution in [0, 0.1) is 0 Å². The van der Waals surface area contributed by atoms with Gasteiger partial charge in [-0.05, 0) is 0 Å². The summed E-state index contributed by atoms with van der Waals surface area (Å²) in [6.45, 7) is 0. The van der Waals surface area contributed by atoms with Crippen molar-refractivity contribution in [2.45, 2.75) is 0 Å². The molecule has 0 unspecified atom stereocenters. The molecule has 2 radical (unpaired) electrons. The largest absolute Gasteiger partial charge is 0 e. The summed E-state index contributed by atoms with van der Waals surface area (Å²) >= 11 is 0. The van der Waals surface area contributed by atoms with Gasteiger partial charge in [0, 0.05) is 35.6 Å². The van der Waals surface area contributed by atoms with Crippen LogP contribution >= 0.6 is 0 Å². The van der Waals surface area contributed by atoms with Crippen molar-refractivity contribution in [1.29, 1.82) is 0 Å². The molecule has 0 aromatic carbocycles. The van der Waals surface area contributed by atoms with Crippen LogP contribution in [0.4, 0.5) is 0 Å². The predicted octanol–water partition coefficient (Wildman–Crippen LogP) is -2.01. The first-order valence-corrected chi connectivity index (χ1v) is 0. The van der Waals surface area contributed by atoms with Gasteiger partial charge in [-0.1, -0.05) is 0 Å². The maximum Gasteiger partial charge on any atom is 0 e. The first-order chi connectivity index (χ1) is 0. The van der Waals surface area contributed by atoms with Crippen LogP contribution < -0.4 is 0 Å². The van der Waals surface area contributed by atoms with Crippen LogP contribution in [0.15, 0.2) is 0 Å². The molecule has 28 valence electrons. The van der Waals surface area contributed by atoms with Gasteiger partial charge in [0.25, 0.3) is 0 Å². The normalized spacial score (nSPS) is 0. The molecule has 0 saturated carbocycles. The van der Waals surface area contributed by atoms with E-state index in [1.165, 1.54) is 0 Å². The van der Waals surface area contributed by atoms with E-state index in [4.69, 9.17) is 0 Å². The van der Waals surface area contributed by atoms with Gasteiger partial charge < -0.3 is 5.48 Å². The molecule has 0 amide bonds. The first-order valence-electron chi connectivity index (χ1n) is 0. The van der Waals surface area contributed by atoms with Crippen molar-refractivity contribution in [3.63, 3.8) is 0 Å². The Morgan fingerprint density at radius 1 is 1.00 bits per heavy atom. The average molecular weight is 336 g/mol. The Bertz CT molecular complexity index is 8.00. The minimum absolute atomic E-state index is 0. The maximum absolute atomic E-state index is 0. The molecule has 0 atom stereocenters. The minimum Gasteiger partial charge on any atom is 0 e. The molecule has 4 heavy (non-hydrogen) atoms. The second kappa shape index (κ2) is 20.3. The van der Waals surface area contributed by atoms with Gasteiger partial charge in [-0.25, -0.2) is 0 Å². The van der Waals surface area contributed by atoms with E-state index in [1.807, 2.05) is 0 Å². The second-order valence-corrected chi connectivity index (χ2v) is 0. The van der Waals surface area contributed by atoms with Gasteiger partial charge >= 0.3 is 26.2 Å². The van der Waals surface area contributed by atoms with E-state index >= 15 is 0 Å². The Morgan fingerprint density at radius 3 is 1.00 bits per heavy atom. The van der Waals surface area contributed by atoms with Gasteiger partial charge in [-0.3, -0.25) is 0 Å². The van der Waals surface area contributed by atoms with Gasteiger partial charge in [0.05, 0.1) is 0 Å². The summed E-state index contributed by atoms with van der Waals surface area (Å²) in [4.78, 5) is 0. The molecule has 0 aliphatic carbocycles. The van der Waals surface area contributed by atoms with E-state index < -0.39 is 0 Å². The fraction of sp³-hybridized carbons (Fsp3) is 0. The summed E-state index contributed by atoms with van der Waals surface area (Å²) in [7, 11) is 0. The Kier molecular flexibility index (Phi) is 195. The smallest absolute Gasteiger partial charge is 0 e. The minimum atomic E-state index is 0. The standard InChI is InChI=1S/Bi.Mn.H2O.V.3H/h;;1H2;;;;. The van der Waals surface area contributed by atoms with Crippen LogP contribution in [0.25, 0.3) is 0 Å². The Balaban J connectivity index is 0. The van der Waals surface area contributed by atoms with Crippen LogP contribution in [0.3, 0.4) is 0 Å². The maximum atomic E-state index is 0. The van der Waals surface area contributed by atoms with Gasteiger partial charge in [-0.2, -0.15) is 0 Å². The van der Waals surface area contributed by atoms with Gasteiger partial charge in [-0.15, -0.1) is 0 Å². The Hall–Kier alpha value is 1.95. The molecule has 2 N–H and O–H groups in total. The zero-order valence-corrected chi connectivity index (χ0v) is 10.1. The fourth-order valence-corrected chi connectivity index (χ4v) is 0. The Labute approximate surface area is 66.7 Å². The summed E-state index contributed by atoms with van der Waals surface area (Å²) in [6.07, 6.45) is 0. The van der Waals surface area contributed by atoms with E-state index in [-0.39, 0.29) is 67.3 Å². The summed E-state index contributed by atoms with van der Waals surface area (Å²) in [5.41, 5.74) is 0. The van der Waals surface area contributed by atoms with E-state index in [1.54, 1.807) is 0 Å². The molecule has 0 heterocycles. The van der Waals surface area contributed by atoms with Crippen LogP contribution in [0.1, 0.15) is 0 Å². The van der Waals surface area contributed by atoms with Crippen LogP contribution in [-0.4, -0.2) is 31.7 Å². The van der Waals surface area contributed by atoms with Crippen LogP contribution in [0.2, 0.25) is 0 Å². The quantitative estimate of drug-likeness (QED) is 0.458. The molecule has 0 aromatic heterocycles. The number of rotatable bonds is 0. The van der Waals surface area contributed by atoms with E-state index in [2.05, 4.69) is 0 Å². The third kappa shape index (κ3) is 9.04. The van der Waals surface area contributed by atoms with Crippen molar-refractivity contribution >= 4 is 26.2 Å². The number of hydrogen-bond acceptors (Lipinski definition) is 0. The topological polar surface area (TPSA) is 31.5 Å². The summed E-state index contributed by atoms with van der Waals surface area (Å²) in [5.74, 6) is 0. The monoisotopic (exact) mass is 336 g/mol.